The van der Waals surface area contributed by atoms with Crippen LogP contribution in [0, 0.1) is 6.92 Å². The summed E-state index contributed by atoms with van der Waals surface area (Å²) in [7, 11) is 0. The Morgan fingerprint density at radius 2 is 1.35 bits per heavy atom. The summed E-state index contributed by atoms with van der Waals surface area (Å²) in [5.41, 5.74) is 7.93. The van der Waals surface area contributed by atoms with Crippen LogP contribution in [0.4, 0.5) is 17.1 Å². The summed E-state index contributed by atoms with van der Waals surface area (Å²) >= 11 is 0. The van der Waals surface area contributed by atoms with Crippen LogP contribution in [0.2, 0.25) is 0 Å². The van der Waals surface area contributed by atoms with E-state index >= 15 is 0 Å². The topological polar surface area (TPSA) is 3.24 Å². The lowest BCUT2D eigenvalue weighted by atomic mass is 9.72. The molecule has 0 saturated heterocycles. The van der Waals surface area contributed by atoms with Crippen LogP contribution in [0.3, 0.4) is 0 Å². The molecule has 0 aliphatic carbocycles. The number of aryl methyl sites for hydroxylation is 1. The predicted octanol–water partition coefficient (Wildman–Crippen LogP) is 6.10. The van der Waals surface area contributed by atoms with E-state index in [9.17, 15) is 0 Å². The van der Waals surface area contributed by atoms with Crippen molar-refractivity contribution in [2.75, 3.05) is 4.90 Å². The van der Waals surface area contributed by atoms with Gasteiger partial charge in [0.15, 0.2) is 0 Å². The van der Waals surface area contributed by atoms with E-state index in [-0.39, 0.29) is 5.41 Å². The van der Waals surface area contributed by atoms with E-state index in [1.165, 1.54) is 33.8 Å². The fourth-order valence-electron chi connectivity index (χ4n) is 3.97. The standard InChI is InChI=1S/C22H21N/c1-16-10-9-15-20-21(16)22(2,3)18-13-7-8-14-19(18)23(20)17-11-5-4-6-12-17/h4-15H,1-3H3. The number of para-hydroxylation sites is 2. The minimum absolute atomic E-state index is 0.00253. The average molecular weight is 299 g/mol. The van der Waals surface area contributed by atoms with Crippen molar-refractivity contribution >= 4 is 17.1 Å². The van der Waals surface area contributed by atoms with Gasteiger partial charge in [0.2, 0.25) is 0 Å². The lowest BCUT2D eigenvalue weighted by molar-refractivity contribution is 0.627. The minimum atomic E-state index is 0.00253. The first-order valence-electron chi connectivity index (χ1n) is 8.15. The van der Waals surface area contributed by atoms with Crippen molar-refractivity contribution in [1.82, 2.24) is 0 Å². The maximum Gasteiger partial charge on any atom is 0.0505 e. The number of anilines is 3. The largest absolute Gasteiger partial charge is 0.310 e. The number of fused-ring (bicyclic) bond motifs is 2. The molecule has 0 N–H and O–H groups in total. The molecule has 0 fully saturated rings. The summed E-state index contributed by atoms with van der Waals surface area (Å²) < 4.78 is 0. The van der Waals surface area contributed by atoms with Gasteiger partial charge in [-0.3, -0.25) is 0 Å². The third kappa shape index (κ3) is 2.00. The van der Waals surface area contributed by atoms with Crippen LogP contribution < -0.4 is 4.90 Å². The molecule has 0 atom stereocenters. The van der Waals surface area contributed by atoms with Gasteiger partial charge in [-0.05, 0) is 47.9 Å². The van der Waals surface area contributed by atoms with Crippen molar-refractivity contribution in [3.05, 3.63) is 89.5 Å². The molecule has 1 nitrogen and oxygen atoms in total. The van der Waals surface area contributed by atoms with Crippen molar-refractivity contribution < 1.29 is 0 Å². The number of nitrogens with zero attached hydrogens (tertiary/aromatic N) is 1. The van der Waals surface area contributed by atoms with Crippen molar-refractivity contribution in [2.45, 2.75) is 26.2 Å². The lowest BCUT2D eigenvalue weighted by Crippen LogP contribution is -2.31. The number of hydrogen-bond acceptors (Lipinski definition) is 1. The average Bonchev–Trinajstić information content (AvgIpc) is 2.56. The van der Waals surface area contributed by atoms with Gasteiger partial charge < -0.3 is 4.90 Å². The zero-order valence-corrected chi connectivity index (χ0v) is 13.9. The molecule has 1 aliphatic heterocycles. The van der Waals surface area contributed by atoms with Crippen LogP contribution >= 0.6 is 0 Å². The van der Waals surface area contributed by atoms with Gasteiger partial charge >= 0.3 is 0 Å². The Bertz CT molecular complexity index is 862. The highest BCUT2D eigenvalue weighted by molar-refractivity contribution is 5.86. The first-order chi connectivity index (χ1) is 11.1. The Hall–Kier alpha value is -2.54. The first kappa shape index (κ1) is 14.1. The number of rotatable bonds is 1. The molecule has 0 unspecified atom stereocenters. The number of hydrogen-bond donors (Lipinski definition) is 0. The molecule has 0 amide bonds. The zero-order chi connectivity index (χ0) is 16.0. The Kier molecular flexibility index (Phi) is 3.05. The highest BCUT2D eigenvalue weighted by Crippen LogP contribution is 2.52. The molecule has 3 aromatic rings. The van der Waals surface area contributed by atoms with E-state index < -0.39 is 0 Å². The summed E-state index contributed by atoms with van der Waals surface area (Å²) in [5.74, 6) is 0. The molecule has 114 valence electrons. The highest BCUT2D eigenvalue weighted by atomic mass is 15.2. The van der Waals surface area contributed by atoms with Crippen molar-refractivity contribution in [3.63, 3.8) is 0 Å². The third-order valence-electron chi connectivity index (χ3n) is 4.95. The molecule has 0 spiro atoms. The second kappa shape index (κ2) is 4.99. The molecule has 0 aromatic heterocycles. The summed E-state index contributed by atoms with van der Waals surface area (Å²) in [4.78, 5) is 2.39. The van der Waals surface area contributed by atoms with E-state index in [0.29, 0.717) is 0 Å². The summed E-state index contributed by atoms with van der Waals surface area (Å²) in [6.07, 6.45) is 0. The molecule has 23 heavy (non-hydrogen) atoms. The number of benzene rings is 3. The maximum absolute atomic E-state index is 2.39. The van der Waals surface area contributed by atoms with E-state index in [1.807, 2.05) is 0 Å². The van der Waals surface area contributed by atoms with Gasteiger partial charge in [0, 0.05) is 11.1 Å². The molecule has 1 heterocycles. The summed E-state index contributed by atoms with van der Waals surface area (Å²) in [6.45, 7) is 6.89. The Morgan fingerprint density at radius 1 is 0.696 bits per heavy atom. The lowest BCUT2D eigenvalue weighted by Gasteiger charge is -2.42. The smallest absolute Gasteiger partial charge is 0.0505 e. The van der Waals surface area contributed by atoms with Crippen molar-refractivity contribution in [3.8, 4) is 0 Å². The van der Waals surface area contributed by atoms with Crippen LogP contribution in [0.25, 0.3) is 0 Å². The molecular weight excluding hydrogens is 278 g/mol. The van der Waals surface area contributed by atoms with Crippen LogP contribution in [0.1, 0.15) is 30.5 Å². The van der Waals surface area contributed by atoms with E-state index in [4.69, 9.17) is 0 Å². The molecule has 3 aromatic carbocycles. The van der Waals surface area contributed by atoms with Gasteiger partial charge in [0.05, 0.1) is 11.4 Å². The Labute approximate surface area is 138 Å². The second-order valence-electron chi connectivity index (χ2n) is 6.78. The first-order valence-corrected chi connectivity index (χ1v) is 8.15. The fourth-order valence-corrected chi connectivity index (χ4v) is 3.97. The van der Waals surface area contributed by atoms with Crippen LogP contribution in [0.5, 0.6) is 0 Å². The van der Waals surface area contributed by atoms with E-state index in [1.54, 1.807) is 0 Å². The Morgan fingerprint density at radius 3 is 2.13 bits per heavy atom. The second-order valence-corrected chi connectivity index (χ2v) is 6.78. The SMILES string of the molecule is Cc1cccc2c1C(C)(C)c1ccccc1N2c1ccccc1. The van der Waals surface area contributed by atoms with Gasteiger partial charge in [-0.15, -0.1) is 0 Å². The Balaban J connectivity index is 2.08. The molecule has 0 saturated carbocycles. The van der Waals surface area contributed by atoms with Gasteiger partial charge in [-0.2, -0.15) is 0 Å². The van der Waals surface area contributed by atoms with Gasteiger partial charge in [0.25, 0.3) is 0 Å². The summed E-state index contributed by atoms with van der Waals surface area (Å²) in [5, 5.41) is 0. The fraction of sp³-hybridized carbons (Fsp3) is 0.182. The van der Waals surface area contributed by atoms with Crippen molar-refractivity contribution in [2.24, 2.45) is 0 Å². The quantitative estimate of drug-likeness (QED) is 0.524. The monoisotopic (exact) mass is 299 g/mol. The van der Waals surface area contributed by atoms with Gasteiger partial charge in [-0.1, -0.05) is 62.4 Å². The molecule has 4 rings (SSSR count). The predicted molar refractivity (Wildman–Crippen MR) is 98.0 cm³/mol. The van der Waals surface area contributed by atoms with Gasteiger partial charge in [-0.25, -0.2) is 0 Å². The summed E-state index contributed by atoms with van der Waals surface area (Å²) in [6, 6.07) is 26.0. The zero-order valence-electron chi connectivity index (χ0n) is 13.9. The van der Waals surface area contributed by atoms with E-state index in [2.05, 4.69) is 98.5 Å². The molecule has 0 radical (unpaired) electrons. The van der Waals surface area contributed by atoms with Crippen LogP contribution in [0.15, 0.2) is 72.8 Å². The third-order valence-corrected chi connectivity index (χ3v) is 4.95. The molecule has 0 bridgehead atoms. The highest BCUT2D eigenvalue weighted by Gasteiger charge is 2.37. The minimum Gasteiger partial charge on any atom is -0.310 e. The van der Waals surface area contributed by atoms with Crippen LogP contribution in [-0.4, -0.2) is 0 Å². The molecule has 1 heteroatoms. The molecule has 1 aliphatic rings. The normalized spacial score (nSPS) is 15.0. The molecular formula is C22H21N. The van der Waals surface area contributed by atoms with Crippen LogP contribution in [-0.2, 0) is 5.41 Å². The van der Waals surface area contributed by atoms with Gasteiger partial charge in [0.1, 0.15) is 0 Å². The maximum atomic E-state index is 2.39. The van der Waals surface area contributed by atoms with E-state index in [0.717, 1.165) is 0 Å². The van der Waals surface area contributed by atoms with Crippen molar-refractivity contribution in [1.29, 1.82) is 0 Å².